The number of hydrogen-bond acceptors (Lipinski definition) is 4. The van der Waals surface area contributed by atoms with Crippen molar-refractivity contribution in [2.24, 2.45) is 0 Å². The Morgan fingerprint density at radius 3 is 2.65 bits per heavy atom. The third kappa shape index (κ3) is 3.91. The average Bonchev–Trinajstić information content (AvgIpc) is 2.25. The molecule has 0 aliphatic heterocycles. The van der Waals surface area contributed by atoms with Crippen LogP contribution >= 0.6 is 0 Å². The standard InChI is InChI=1S/C9H9F3N2O3/c10-9(11,12)6(15)4-13-7-3-1-2-5(14-7)8(16)17/h1-3,6,15H,4H2,(H,13,14)(H,16,17). The van der Waals surface area contributed by atoms with Gasteiger partial charge in [-0.1, -0.05) is 6.07 Å². The lowest BCUT2D eigenvalue weighted by Crippen LogP contribution is -2.35. The number of nitrogens with zero attached hydrogens (tertiary/aromatic N) is 1. The number of carbonyl (C=O) groups is 1. The van der Waals surface area contributed by atoms with Gasteiger partial charge in [-0.2, -0.15) is 13.2 Å². The first-order valence-electron chi connectivity index (χ1n) is 4.49. The molecule has 0 saturated carbocycles. The van der Waals surface area contributed by atoms with Gasteiger partial charge in [-0.05, 0) is 12.1 Å². The van der Waals surface area contributed by atoms with E-state index in [9.17, 15) is 18.0 Å². The molecular weight excluding hydrogens is 241 g/mol. The van der Waals surface area contributed by atoms with Crippen molar-refractivity contribution in [3.63, 3.8) is 0 Å². The van der Waals surface area contributed by atoms with Crippen LogP contribution in [0.2, 0.25) is 0 Å². The Morgan fingerprint density at radius 2 is 2.12 bits per heavy atom. The molecule has 0 radical (unpaired) electrons. The lowest BCUT2D eigenvalue weighted by atomic mass is 10.3. The summed E-state index contributed by atoms with van der Waals surface area (Å²) in [6.45, 7) is -0.792. The SMILES string of the molecule is O=C(O)c1cccc(NCC(O)C(F)(F)F)n1. The summed E-state index contributed by atoms with van der Waals surface area (Å²) in [5.74, 6) is -1.33. The number of anilines is 1. The van der Waals surface area contributed by atoms with Gasteiger partial charge in [0, 0.05) is 0 Å². The van der Waals surface area contributed by atoms with Crippen LogP contribution in [-0.4, -0.2) is 40.0 Å². The van der Waals surface area contributed by atoms with Crippen molar-refractivity contribution in [2.75, 3.05) is 11.9 Å². The van der Waals surface area contributed by atoms with Gasteiger partial charge in [-0.3, -0.25) is 0 Å². The molecule has 0 amide bonds. The second-order valence-electron chi connectivity index (χ2n) is 3.15. The maximum absolute atomic E-state index is 12.0. The molecule has 0 bridgehead atoms. The van der Waals surface area contributed by atoms with Crippen LogP contribution in [0.3, 0.4) is 0 Å². The third-order valence-corrected chi connectivity index (χ3v) is 1.82. The molecular formula is C9H9F3N2O3. The van der Waals surface area contributed by atoms with Crippen LogP contribution in [-0.2, 0) is 0 Å². The number of hydrogen-bond donors (Lipinski definition) is 3. The number of aromatic carboxylic acids is 1. The average molecular weight is 250 g/mol. The number of carboxylic acid groups (broad SMARTS) is 1. The Hall–Kier alpha value is -1.83. The van der Waals surface area contributed by atoms with Crippen LogP contribution in [0.4, 0.5) is 19.0 Å². The zero-order chi connectivity index (χ0) is 13.1. The summed E-state index contributed by atoms with van der Waals surface area (Å²) in [4.78, 5) is 14.1. The summed E-state index contributed by atoms with van der Waals surface area (Å²) in [6, 6.07) is 3.84. The highest BCUT2D eigenvalue weighted by molar-refractivity contribution is 5.85. The fourth-order valence-corrected chi connectivity index (χ4v) is 0.969. The molecule has 94 valence electrons. The van der Waals surface area contributed by atoms with E-state index in [0.717, 1.165) is 0 Å². The van der Waals surface area contributed by atoms with E-state index in [1.807, 2.05) is 0 Å². The number of carboxylic acids is 1. The van der Waals surface area contributed by atoms with E-state index < -0.39 is 24.8 Å². The Labute approximate surface area is 93.9 Å². The normalized spacial score (nSPS) is 13.2. The van der Waals surface area contributed by atoms with Gasteiger partial charge >= 0.3 is 12.1 Å². The number of aliphatic hydroxyl groups excluding tert-OH is 1. The number of pyridine rings is 1. The largest absolute Gasteiger partial charge is 0.477 e. The predicted molar refractivity (Wildman–Crippen MR) is 51.7 cm³/mol. The van der Waals surface area contributed by atoms with Gasteiger partial charge in [0.05, 0.1) is 6.54 Å². The Balaban J connectivity index is 2.64. The first-order valence-corrected chi connectivity index (χ1v) is 4.49. The van der Waals surface area contributed by atoms with Crippen molar-refractivity contribution in [3.8, 4) is 0 Å². The van der Waals surface area contributed by atoms with Crippen LogP contribution in [0.15, 0.2) is 18.2 Å². The first kappa shape index (κ1) is 13.2. The van der Waals surface area contributed by atoms with Crippen molar-refractivity contribution in [2.45, 2.75) is 12.3 Å². The van der Waals surface area contributed by atoms with E-state index in [0.29, 0.717) is 0 Å². The minimum atomic E-state index is -4.72. The summed E-state index contributed by atoms with van der Waals surface area (Å²) >= 11 is 0. The lowest BCUT2D eigenvalue weighted by Gasteiger charge is -2.15. The minimum Gasteiger partial charge on any atom is -0.477 e. The van der Waals surface area contributed by atoms with E-state index in [1.165, 1.54) is 18.2 Å². The van der Waals surface area contributed by atoms with Crippen LogP contribution in [0.25, 0.3) is 0 Å². The molecule has 0 spiro atoms. The summed E-state index contributed by atoms with van der Waals surface area (Å²) < 4.78 is 35.9. The van der Waals surface area contributed by atoms with Gasteiger partial charge in [0.25, 0.3) is 0 Å². The number of nitrogens with one attached hydrogen (secondary N) is 1. The molecule has 0 aromatic carbocycles. The smallest absolute Gasteiger partial charge is 0.416 e. The summed E-state index contributed by atoms with van der Waals surface area (Å²) in [5, 5.41) is 19.5. The van der Waals surface area contributed by atoms with Gasteiger partial charge < -0.3 is 15.5 Å². The third-order valence-electron chi connectivity index (χ3n) is 1.82. The van der Waals surface area contributed by atoms with Gasteiger partial charge in [0.2, 0.25) is 0 Å². The van der Waals surface area contributed by atoms with E-state index in [-0.39, 0.29) is 11.5 Å². The van der Waals surface area contributed by atoms with Crippen LogP contribution in [0, 0.1) is 0 Å². The summed E-state index contributed by atoms with van der Waals surface area (Å²) in [6.07, 6.45) is -7.25. The summed E-state index contributed by atoms with van der Waals surface area (Å²) in [5.41, 5.74) is -0.295. The zero-order valence-corrected chi connectivity index (χ0v) is 8.40. The Morgan fingerprint density at radius 1 is 1.47 bits per heavy atom. The Kier molecular flexibility index (Phi) is 3.89. The number of aliphatic hydroxyl groups is 1. The molecule has 0 fully saturated rings. The van der Waals surface area contributed by atoms with Crippen molar-refractivity contribution in [1.29, 1.82) is 0 Å². The first-order chi connectivity index (χ1) is 7.80. The second kappa shape index (κ2) is 5.00. The highest BCUT2D eigenvalue weighted by Gasteiger charge is 2.37. The number of rotatable bonds is 4. The van der Waals surface area contributed by atoms with Crippen LogP contribution in [0.1, 0.15) is 10.5 Å². The highest BCUT2D eigenvalue weighted by Crippen LogP contribution is 2.20. The summed E-state index contributed by atoms with van der Waals surface area (Å²) in [7, 11) is 0. The van der Waals surface area contributed by atoms with E-state index in [4.69, 9.17) is 10.2 Å². The number of aromatic nitrogens is 1. The quantitative estimate of drug-likeness (QED) is 0.745. The Bertz CT molecular complexity index is 409. The molecule has 0 saturated heterocycles. The van der Waals surface area contributed by atoms with Gasteiger partial charge in [-0.15, -0.1) is 0 Å². The van der Waals surface area contributed by atoms with E-state index >= 15 is 0 Å². The molecule has 1 atom stereocenters. The van der Waals surface area contributed by atoms with Crippen LogP contribution in [0.5, 0.6) is 0 Å². The number of halogens is 3. The molecule has 1 aromatic rings. The highest BCUT2D eigenvalue weighted by atomic mass is 19.4. The van der Waals surface area contributed by atoms with Gasteiger partial charge in [0.15, 0.2) is 11.8 Å². The fourth-order valence-electron chi connectivity index (χ4n) is 0.969. The van der Waals surface area contributed by atoms with Crippen molar-refractivity contribution < 1.29 is 28.2 Å². The molecule has 3 N–H and O–H groups in total. The topological polar surface area (TPSA) is 82.5 Å². The van der Waals surface area contributed by atoms with Crippen molar-refractivity contribution in [3.05, 3.63) is 23.9 Å². The van der Waals surface area contributed by atoms with Crippen molar-refractivity contribution >= 4 is 11.8 Å². The number of alkyl halides is 3. The monoisotopic (exact) mass is 250 g/mol. The molecule has 1 unspecified atom stereocenters. The molecule has 1 aromatic heterocycles. The maximum atomic E-state index is 12.0. The minimum absolute atomic E-state index is 0.0480. The van der Waals surface area contributed by atoms with Gasteiger partial charge in [-0.25, -0.2) is 9.78 Å². The molecule has 1 rings (SSSR count). The predicted octanol–water partition coefficient (Wildman–Crippen LogP) is 1.11. The molecule has 8 heteroatoms. The van der Waals surface area contributed by atoms with E-state index in [1.54, 1.807) is 0 Å². The van der Waals surface area contributed by atoms with Gasteiger partial charge in [0.1, 0.15) is 5.82 Å². The molecule has 0 aliphatic rings. The maximum Gasteiger partial charge on any atom is 0.416 e. The zero-order valence-electron chi connectivity index (χ0n) is 8.40. The fraction of sp³-hybridized carbons (Fsp3) is 0.333. The second-order valence-corrected chi connectivity index (χ2v) is 3.15. The lowest BCUT2D eigenvalue weighted by molar-refractivity contribution is -0.198. The molecule has 1 heterocycles. The molecule has 5 nitrogen and oxygen atoms in total. The molecule has 17 heavy (non-hydrogen) atoms. The molecule has 0 aliphatic carbocycles. The van der Waals surface area contributed by atoms with Crippen LogP contribution < -0.4 is 5.32 Å². The van der Waals surface area contributed by atoms with Crippen molar-refractivity contribution in [1.82, 2.24) is 4.98 Å². The van der Waals surface area contributed by atoms with E-state index in [2.05, 4.69) is 10.3 Å².